The molecule has 0 bridgehead atoms. The molecule has 0 radical (unpaired) electrons. The molecule has 3 aromatic heterocycles. The number of carbonyl (C=O) groups is 1. The third kappa shape index (κ3) is 3.40. The molecule has 0 fully saturated rings. The summed E-state index contributed by atoms with van der Waals surface area (Å²) in [4.78, 5) is 22.7. The molecular formula is C16H16N4O2S. The van der Waals surface area contributed by atoms with E-state index in [-0.39, 0.29) is 5.91 Å². The quantitative estimate of drug-likeness (QED) is 0.794. The summed E-state index contributed by atoms with van der Waals surface area (Å²) in [6.45, 7) is 1.87. The van der Waals surface area contributed by atoms with E-state index in [4.69, 9.17) is 4.42 Å². The number of pyridine rings is 1. The second-order valence-corrected chi connectivity index (χ2v) is 6.06. The molecule has 0 aliphatic rings. The fourth-order valence-electron chi connectivity index (χ4n) is 1.95. The summed E-state index contributed by atoms with van der Waals surface area (Å²) >= 11 is 1.37. The van der Waals surface area contributed by atoms with E-state index in [2.05, 4.69) is 15.3 Å². The van der Waals surface area contributed by atoms with Crippen molar-refractivity contribution in [3.63, 3.8) is 0 Å². The molecule has 23 heavy (non-hydrogen) atoms. The standard InChI is InChI=1S/C16H16N4O2S/c1-10-4-6-13(22-10)16-18-12(9-23-16)15(21)19-14-7-5-11(8-17-14)20(2)3/h4-9H,1-3H3,(H,17,19,21). The van der Waals surface area contributed by atoms with Gasteiger partial charge in [0.15, 0.2) is 10.8 Å². The number of furan rings is 1. The number of aryl methyl sites for hydroxylation is 1. The molecule has 118 valence electrons. The van der Waals surface area contributed by atoms with E-state index in [9.17, 15) is 4.79 Å². The molecule has 0 aliphatic heterocycles. The monoisotopic (exact) mass is 328 g/mol. The predicted molar refractivity (Wildman–Crippen MR) is 91.1 cm³/mol. The van der Waals surface area contributed by atoms with Crippen molar-refractivity contribution in [2.24, 2.45) is 0 Å². The lowest BCUT2D eigenvalue weighted by molar-refractivity contribution is 0.102. The zero-order valence-corrected chi connectivity index (χ0v) is 13.8. The van der Waals surface area contributed by atoms with Crippen molar-refractivity contribution in [2.45, 2.75) is 6.92 Å². The second kappa shape index (κ2) is 6.21. The summed E-state index contributed by atoms with van der Waals surface area (Å²) < 4.78 is 5.52. The van der Waals surface area contributed by atoms with Crippen LogP contribution in [0.25, 0.3) is 10.8 Å². The molecule has 6 nitrogen and oxygen atoms in total. The van der Waals surface area contributed by atoms with Crippen LogP contribution in [0.3, 0.4) is 0 Å². The minimum absolute atomic E-state index is 0.291. The van der Waals surface area contributed by atoms with Gasteiger partial charge in [0.2, 0.25) is 0 Å². The van der Waals surface area contributed by atoms with Crippen molar-refractivity contribution in [3.8, 4) is 10.8 Å². The van der Waals surface area contributed by atoms with Gasteiger partial charge in [0, 0.05) is 19.5 Å². The first-order chi connectivity index (χ1) is 11.0. The fraction of sp³-hybridized carbons (Fsp3) is 0.188. The molecule has 0 saturated heterocycles. The van der Waals surface area contributed by atoms with Crippen LogP contribution in [0.4, 0.5) is 11.5 Å². The molecule has 1 N–H and O–H groups in total. The van der Waals surface area contributed by atoms with Crippen LogP contribution in [0, 0.1) is 6.92 Å². The number of hydrogen-bond donors (Lipinski definition) is 1. The molecule has 0 spiro atoms. The molecule has 0 saturated carbocycles. The first-order valence-electron chi connectivity index (χ1n) is 7.00. The molecule has 0 aliphatic carbocycles. The van der Waals surface area contributed by atoms with Crippen molar-refractivity contribution < 1.29 is 9.21 Å². The summed E-state index contributed by atoms with van der Waals surface area (Å²) in [5, 5.41) is 5.12. The third-order valence-corrected chi connectivity index (χ3v) is 4.05. The van der Waals surface area contributed by atoms with Gasteiger partial charge >= 0.3 is 0 Å². The first kappa shape index (κ1) is 15.2. The molecular weight excluding hydrogens is 312 g/mol. The highest BCUT2D eigenvalue weighted by Crippen LogP contribution is 2.25. The zero-order valence-electron chi connectivity index (χ0n) is 13.0. The minimum Gasteiger partial charge on any atom is -0.459 e. The van der Waals surface area contributed by atoms with Crippen LogP contribution in [-0.2, 0) is 0 Å². The van der Waals surface area contributed by atoms with E-state index in [1.807, 2.05) is 44.1 Å². The number of rotatable bonds is 4. The van der Waals surface area contributed by atoms with E-state index in [1.165, 1.54) is 11.3 Å². The highest BCUT2D eigenvalue weighted by molar-refractivity contribution is 7.13. The van der Waals surface area contributed by atoms with Crippen LogP contribution in [-0.4, -0.2) is 30.0 Å². The van der Waals surface area contributed by atoms with Crippen molar-refractivity contribution in [2.75, 3.05) is 24.3 Å². The number of anilines is 2. The number of carbonyl (C=O) groups excluding carboxylic acids is 1. The van der Waals surface area contributed by atoms with E-state index >= 15 is 0 Å². The van der Waals surface area contributed by atoms with Crippen LogP contribution >= 0.6 is 11.3 Å². The van der Waals surface area contributed by atoms with E-state index in [0.717, 1.165) is 11.4 Å². The van der Waals surface area contributed by atoms with Gasteiger partial charge < -0.3 is 14.6 Å². The summed E-state index contributed by atoms with van der Waals surface area (Å²) in [6.07, 6.45) is 1.70. The summed E-state index contributed by atoms with van der Waals surface area (Å²) in [6, 6.07) is 7.36. The summed E-state index contributed by atoms with van der Waals surface area (Å²) in [5.74, 6) is 1.68. The van der Waals surface area contributed by atoms with Gasteiger partial charge in [0.1, 0.15) is 17.3 Å². The molecule has 0 unspecified atom stereocenters. The highest BCUT2D eigenvalue weighted by Gasteiger charge is 2.14. The number of amides is 1. The molecule has 0 aromatic carbocycles. The lowest BCUT2D eigenvalue weighted by atomic mass is 10.3. The smallest absolute Gasteiger partial charge is 0.276 e. The van der Waals surface area contributed by atoms with Gasteiger partial charge in [-0.25, -0.2) is 9.97 Å². The Balaban J connectivity index is 1.72. The Bertz CT molecular complexity index is 821. The Kier molecular flexibility index (Phi) is 4.12. The SMILES string of the molecule is Cc1ccc(-c2nc(C(=O)Nc3ccc(N(C)C)cn3)cs2)o1. The maximum atomic E-state index is 12.2. The molecule has 7 heteroatoms. The van der Waals surface area contributed by atoms with Crippen LogP contribution in [0.2, 0.25) is 0 Å². The topological polar surface area (TPSA) is 71.3 Å². The summed E-state index contributed by atoms with van der Waals surface area (Å²) in [7, 11) is 3.87. The molecule has 3 heterocycles. The van der Waals surface area contributed by atoms with Gasteiger partial charge in [0.05, 0.1) is 11.9 Å². The average Bonchev–Trinajstić information content (AvgIpc) is 3.16. The van der Waals surface area contributed by atoms with Gasteiger partial charge in [-0.2, -0.15) is 0 Å². The van der Waals surface area contributed by atoms with E-state index in [1.54, 1.807) is 17.6 Å². The summed E-state index contributed by atoms with van der Waals surface area (Å²) in [5.41, 5.74) is 1.31. The number of nitrogens with zero attached hydrogens (tertiary/aromatic N) is 3. The lowest BCUT2D eigenvalue weighted by Crippen LogP contribution is -2.14. The van der Waals surface area contributed by atoms with Gasteiger partial charge in [-0.05, 0) is 31.2 Å². The van der Waals surface area contributed by atoms with Crippen LogP contribution in [0.15, 0.2) is 40.3 Å². The lowest BCUT2D eigenvalue weighted by Gasteiger charge is -2.11. The molecule has 3 aromatic rings. The highest BCUT2D eigenvalue weighted by atomic mass is 32.1. The minimum atomic E-state index is -0.291. The van der Waals surface area contributed by atoms with Crippen molar-refractivity contribution in [1.82, 2.24) is 9.97 Å². The molecule has 0 atom stereocenters. The maximum Gasteiger partial charge on any atom is 0.276 e. The number of hydrogen-bond acceptors (Lipinski definition) is 6. The Morgan fingerprint density at radius 1 is 1.26 bits per heavy atom. The number of aromatic nitrogens is 2. The second-order valence-electron chi connectivity index (χ2n) is 5.20. The Labute approximate surface area is 137 Å². The van der Waals surface area contributed by atoms with Crippen LogP contribution in [0.1, 0.15) is 16.2 Å². The zero-order chi connectivity index (χ0) is 16.4. The van der Waals surface area contributed by atoms with Crippen LogP contribution < -0.4 is 10.2 Å². The van der Waals surface area contributed by atoms with Gasteiger partial charge in [-0.15, -0.1) is 11.3 Å². The molecule has 1 amide bonds. The largest absolute Gasteiger partial charge is 0.459 e. The third-order valence-electron chi connectivity index (χ3n) is 3.19. The predicted octanol–water partition coefficient (Wildman–Crippen LogP) is 3.42. The van der Waals surface area contributed by atoms with Gasteiger partial charge in [-0.3, -0.25) is 4.79 Å². The van der Waals surface area contributed by atoms with Gasteiger partial charge in [0.25, 0.3) is 5.91 Å². The number of nitrogens with one attached hydrogen (secondary N) is 1. The fourth-order valence-corrected chi connectivity index (χ4v) is 2.71. The van der Waals surface area contributed by atoms with Crippen LogP contribution in [0.5, 0.6) is 0 Å². The maximum absolute atomic E-state index is 12.2. The normalized spacial score (nSPS) is 10.6. The average molecular weight is 328 g/mol. The molecule has 3 rings (SSSR count). The van der Waals surface area contributed by atoms with Gasteiger partial charge in [-0.1, -0.05) is 0 Å². The van der Waals surface area contributed by atoms with E-state index in [0.29, 0.717) is 22.3 Å². The van der Waals surface area contributed by atoms with Crippen molar-refractivity contribution in [3.05, 3.63) is 47.3 Å². The van der Waals surface area contributed by atoms with Crippen molar-refractivity contribution in [1.29, 1.82) is 0 Å². The van der Waals surface area contributed by atoms with Crippen molar-refractivity contribution >= 4 is 28.7 Å². The Hall–Kier alpha value is -2.67. The Morgan fingerprint density at radius 2 is 2.09 bits per heavy atom. The van der Waals surface area contributed by atoms with E-state index < -0.39 is 0 Å². The first-order valence-corrected chi connectivity index (χ1v) is 7.88. The Morgan fingerprint density at radius 3 is 2.70 bits per heavy atom. The number of thiazole rings is 1.